The van der Waals surface area contributed by atoms with Gasteiger partial charge in [-0.15, -0.1) is 10.2 Å². The van der Waals surface area contributed by atoms with E-state index < -0.39 is 0 Å². The van der Waals surface area contributed by atoms with Crippen molar-refractivity contribution in [2.75, 3.05) is 31.6 Å². The summed E-state index contributed by atoms with van der Waals surface area (Å²) in [5, 5.41) is 13.4. The third-order valence-electron chi connectivity index (χ3n) is 1.89. The molecule has 0 fully saturated rings. The van der Waals surface area contributed by atoms with Gasteiger partial charge in [0.15, 0.2) is 0 Å². The van der Waals surface area contributed by atoms with E-state index in [4.69, 9.17) is 0 Å². The molecule has 0 bridgehead atoms. The van der Waals surface area contributed by atoms with Crippen LogP contribution in [-0.4, -0.2) is 36.9 Å². The Kier molecular flexibility index (Phi) is 4.82. The van der Waals surface area contributed by atoms with E-state index in [1.807, 2.05) is 14.0 Å². The number of anilines is 1. The molecule has 0 saturated heterocycles. The molecule has 0 radical (unpaired) electrons. The molecule has 0 atom stereocenters. The Morgan fingerprint density at radius 2 is 2.14 bits per heavy atom. The summed E-state index contributed by atoms with van der Waals surface area (Å²) in [4.78, 5) is 2.13. The fourth-order valence-electron chi connectivity index (χ4n) is 1.08. The Morgan fingerprint density at radius 3 is 2.71 bits per heavy atom. The molecule has 1 rings (SSSR count). The van der Waals surface area contributed by atoms with E-state index in [9.17, 15) is 0 Å². The minimum atomic E-state index is 0.981. The van der Waals surface area contributed by atoms with Crippen LogP contribution in [0.1, 0.15) is 18.4 Å². The lowest BCUT2D eigenvalue weighted by Gasteiger charge is -2.14. The van der Waals surface area contributed by atoms with Crippen LogP contribution in [0.4, 0.5) is 5.13 Å². The van der Waals surface area contributed by atoms with Crippen molar-refractivity contribution in [3.63, 3.8) is 0 Å². The van der Waals surface area contributed by atoms with Gasteiger partial charge < -0.3 is 10.2 Å². The van der Waals surface area contributed by atoms with Gasteiger partial charge >= 0.3 is 0 Å². The molecule has 1 aromatic heterocycles. The average molecular weight is 214 g/mol. The third kappa shape index (κ3) is 3.59. The number of likely N-dealkylation sites (N-methyl/N-ethyl adjacent to an activating group) is 1. The molecule has 1 N–H and O–H groups in total. The van der Waals surface area contributed by atoms with Gasteiger partial charge in [0.05, 0.1) is 0 Å². The molecule has 0 amide bonds. The van der Waals surface area contributed by atoms with Gasteiger partial charge in [-0.25, -0.2) is 0 Å². The number of hydrogen-bond acceptors (Lipinski definition) is 5. The van der Waals surface area contributed by atoms with E-state index in [0.29, 0.717) is 0 Å². The first-order chi connectivity index (χ1) is 6.74. The summed E-state index contributed by atoms with van der Waals surface area (Å²) in [5.41, 5.74) is 0. The molecule has 4 nitrogen and oxygen atoms in total. The van der Waals surface area contributed by atoms with Crippen LogP contribution in [-0.2, 0) is 0 Å². The van der Waals surface area contributed by atoms with Crippen LogP contribution in [0.25, 0.3) is 0 Å². The summed E-state index contributed by atoms with van der Waals surface area (Å²) in [6, 6.07) is 0. The largest absolute Gasteiger partial charge is 0.348 e. The highest BCUT2D eigenvalue weighted by atomic mass is 32.1. The first-order valence-corrected chi connectivity index (χ1v) is 5.77. The second kappa shape index (κ2) is 5.93. The zero-order valence-electron chi connectivity index (χ0n) is 9.08. The van der Waals surface area contributed by atoms with E-state index in [1.165, 1.54) is 6.42 Å². The molecule has 0 aliphatic carbocycles. The highest BCUT2D eigenvalue weighted by molar-refractivity contribution is 7.15. The van der Waals surface area contributed by atoms with Crippen molar-refractivity contribution in [3.8, 4) is 0 Å². The molecule has 0 aliphatic heterocycles. The maximum Gasteiger partial charge on any atom is 0.208 e. The van der Waals surface area contributed by atoms with Crippen molar-refractivity contribution in [1.82, 2.24) is 15.5 Å². The van der Waals surface area contributed by atoms with Crippen LogP contribution in [0.5, 0.6) is 0 Å². The van der Waals surface area contributed by atoms with Gasteiger partial charge in [-0.1, -0.05) is 18.3 Å². The number of aromatic nitrogens is 2. The molecular formula is C9H18N4S. The molecule has 0 spiro atoms. The molecule has 0 aromatic carbocycles. The third-order valence-corrected chi connectivity index (χ3v) is 2.85. The Bertz CT molecular complexity index is 261. The van der Waals surface area contributed by atoms with E-state index in [1.54, 1.807) is 11.3 Å². The maximum atomic E-state index is 4.08. The van der Waals surface area contributed by atoms with Gasteiger partial charge in [-0.05, 0) is 19.9 Å². The topological polar surface area (TPSA) is 41.0 Å². The Hall–Kier alpha value is -0.680. The normalized spacial score (nSPS) is 10.5. The van der Waals surface area contributed by atoms with Crippen LogP contribution in [0, 0.1) is 6.92 Å². The van der Waals surface area contributed by atoms with E-state index in [0.717, 1.165) is 29.8 Å². The molecule has 5 heteroatoms. The van der Waals surface area contributed by atoms with Gasteiger partial charge in [0.1, 0.15) is 5.01 Å². The zero-order valence-corrected chi connectivity index (χ0v) is 9.89. The first-order valence-electron chi connectivity index (χ1n) is 4.96. The zero-order chi connectivity index (χ0) is 10.4. The van der Waals surface area contributed by atoms with Crippen molar-refractivity contribution in [2.45, 2.75) is 20.3 Å². The minimum absolute atomic E-state index is 0.981. The summed E-state index contributed by atoms with van der Waals surface area (Å²) >= 11 is 1.64. The lowest BCUT2D eigenvalue weighted by Crippen LogP contribution is -2.29. The highest BCUT2D eigenvalue weighted by Gasteiger charge is 2.05. The summed E-state index contributed by atoms with van der Waals surface area (Å²) in [7, 11) is 2.05. The fourth-order valence-corrected chi connectivity index (χ4v) is 1.76. The molecule has 1 heterocycles. The van der Waals surface area contributed by atoms with Crippen LogP contribution in [0.15, 0.2) is 0 Å². The van der Waals surface area contributed by atoms with Crippen LogP contribution in [0.3, 0.4) is 0 Å². The van der Waals surface area contributed by atoms with Gasteiger partial charge in [0.25, 0.3) is 0 Å². The van der Waals surface area contributed by atoms with Crippen LogP contribution < -0.4 is 10.2 Å². The Labute approximate surface area is 89.3 Å². The average Bonchev–Trinajstić information content (AvgIpc) is 2.59. The number of aryl methyl sites for hydroxylation is 1. The standard InChI is InChI=1S/C9H18N4S/c1-4-5-10-6-7-13(3)9-12-11-8(2)14-9/h10H,4-7H2,1-3H3. The molecule has 0 unspecified atom stereocenters. The summed E-state index contributed by atoms with van der Waals surface area (Å²) in [6.45, 7) is 7.22. The van der Waals surface area contributed by atoms with Crippen molar-refractivity contribution >= 4 is 16.5 Å². The van der Waals surface area contributed by atoms with E-state index >= 15 is 0 Å². The minimum Gasteiger partial charge on any atom is -0.348 e. The number of nitrogens with zero attached hydrogens (tertiary/aromatic N) is 3. The summed E-state index contributed by atoms with van der Waals surface area (Å²) < 4.78 is 0. The monoisotopic (exact) mass is 214 g/mol. The van der Waals surface area contributed by atoms with Crippen LogP contribution in [0.2, 0.25) is 0 Å². The molecule has 80 valence electrons. The van der Waals surface area contributed by atoms with E-state index in [2.05, 4.69) is 27.3 Å². The van der Waals surface area contributed by atoms with Crippen LogP contribution >= 0.6 is 11.3 Å². The molecule has 0 aliphatic rings. The highest BCUT2D eigenvalue weighted by Crippen LogP contribution is 2.16. The van der Waals surface area contributed by atoms with Crippen molar-refractivity contribution in [2.24, 2.45) is 0 Å². The molecule has 14 heavy (non-hydrogen) atoms. The number of nitrogens with one attached hydrogen (secondary N) is 1. The predicted molar refractivity (Wildman–Crippen MR) is 61.1 cm³/mol. The second-order valence-corrected chi connectivity index (χ2v) is 4.44. The van der Waals surface area contributed by atoms with Gasteiger partial charge in [0.2, 0.25) is 5.13 Å². The molecule has 0 saturated carbocycles. The lowest BCUT2D eigenvalue weighted by molar-refractivity contribution is 0.664. The number of hydrogen-bond donors (Lipinski definition) is 1. The lowest BCUT2D eigenvalue weighted by atomic mass is 10.4. The molecular weight excluding hydrogens is 196 g/mol. The van der Waals surface area contributed by atoms with Gasteiger partial charge in [-0.2, -0.15) is 0 Å². The van der Waals surface area contributed by atoms with E-state index in [-0.39, 0.29) is 0 Å². The van der Waals surface area contributed by atoms with Crippen molar-refractivity contribution in [3.05, 3.63) is 5.01 Å². The Balaban J connectivity index is 2.25. The quantitative estimate of drug-likeness (QED) is 0.724. The first kappa shape index (κ1) is 11.4. The van der Waals surface area contributed by atoms with Gasteiger partial charge in [0, 0.05) is 20.1 Å². The number of rotatable bonds is 6. The predicted octanol–water partition coefficient (Wildman–Crippen LogP) is 1.28. The second-order valence-electron chi connectivity index (χ2n) is 3.28. The van der Waals surface area contributed by atoms with Crippen molar-refractivity contribution < 1.29 is 0 Å². The summed E-state index contributed by atoms with van der Waals surface area (Å²) in [5.74, 6) is 0. The molecule has 1 aromatic rings. The smallest absolute Gasteiger partial charge is 0.208 e. The van der Waals surface area contributed by atoms with Gasteiger partial charge in [-0.3, -0.25) is 0 Å². The fraction of sp³-hybridized carbons (Fsp3) is 0.778. The Morgan fingerprint density at radius 1 is 1.36 bits per heavy atom. The summed E-state index contributed by atoms with van der Waals surface area (Å²) in [6.07, 6.45) is 1.18. The maximum absolute atomic E-state index is 4.08. The SMILES string of the molecule is CCCNCCN(C)c1nnc(C)s1. The van der Waals surface area contributed by atoms with Crippen molar-refractivity contribution in [1.29, 1.82) is 0 Å².